The lowest BCUT2D eigenvalue weighted by Gasteiger charge is -2.27. The van der Waals surface area contributed by atoms with Crippen LogP contribution in [0.3, 0.4) is 0 Å². The summed E-state index contributed by atoms with van der Waals surface area (Å²) in [5.74, 6) is -5.48. The summed E-state index contributed by atoms with van der Waals surface area (Å²) >= 11 is 3.81. The second-order valence-corrected chi connectivity index (χ2v) is 7.10. The van der Waals surface area contributed by atoms with Gasteiger partial charge in [0, 0.05) is 12.2 Å². The fraction of sp³-hybridized carbons (Fsp3) is 0.706. The zero-order valence-electron chi connectivity index (χ0n) is 16.8. The maximum Gasteiger partial charge on any atom is 0.327 e. The maximum atomic E-state index is 12.6. The summed E-state index contributed by atoms with van der Waals surface area (Å²) < 4.78 is 0. The minimum atomic E-state index is -1.46. The number of thiol groups is 1. The van der Waals surface area contributed by atoms with Gasteiger partial charge in [-0.2, -0.15) is 12.6 Å². The lowest BCUT2D eigenvalue weighted by atomic mass is 9.97. The van der Waals surface area contributed by atoms with Gasteiger partial charge < -0.3 is 37.0 Å². The van der Waals surface area contributed by atoms with Gasteiger partial charge in [-0.15, -0.1) is 0 Å². The molecule has 0 radical (unpaired) electrons. The zero-order chi connectivity index (χ0) is 23.4. The molecule has 172 valence electrons. The Labute approximate surface area is 179 Å². The normalized spacial score (nSPS) is 15.8. The van der Waals surface area contributed by atoms with Crippen LogP contribution >= 0.6 is 12.6 Å². The van der Waals surface area contributed by atoms with Crippen LogP contribution in [0.2, 0.25) is 0 Å². The number of carbonyl (C=O) groups is 5. The smallest absolute Gasteiger partial charge is 0.327 e. The summed E-state index contributed by atoms with van der Waals surface area (Å²) in [6.07, 6.45) is 0.0227. The van der Waals surface area contributed by atoms with E-state index in [0.717, 1.165) is 0 Å². The number of carboxylic acids is 2. The molecule has 0 heterocycles. The van der Waals surface area contributed by atoms with E-state index < -0.39 is 60.4 Å². The zero-order valence-corrected chi connectivity index (χ0v) is 17.7. The third-order valence-corrected chi connectivity index (χ3v) is 4.78. The van der Waals surface area contributed by atoms with E-state index in [-0.39, 0.29) is 24.5 Å². The van der Waals surface area contributed by atoms with Crippen LogP contribution in [-0.2, 0) is 24.0 Å². The number of carbonyl (C=O) groups excluding carboxylic acids is 3. The molecule has 3 amide bonds. The van der Waals surface area contributed by atoms with Crippen molar-refractivity contribution < 1.29 is 39.3 Å². The van der Waals surface area contributed by atoms with Crippen LogP contribution in [0, 0.1) is 5.92 Å². The molecule has 0 rings (SSSR count). The number of aliphatic hydroxyl groups is 1. The molecule has 30 heavy (non-hydrogen) atoms. The molecule has 8 N–H and O–H groups in total. The Bertz CT molecular complexity index is 633. The highest BCUT2D eigenvalue weighted by molar-refractivity contribution is 7.80. The van der Waals surface area contributed by atoms with Gasteiger partial charge in [-0.25, -0.2) is 4.79 Å². The first-order chi connectivity index (χ1) is 14.0. The van der Waals surface area contributed by atoms with Gasteiger partial charge in [-0.1, -0.05) is 20.3 Å². The van der Waals surface area contributed by atoms with Crippen molar-refractivity contribution in [2.24, 2.45) is 11.7 Å². The van der Waals surface area contributed by atoms with Crippen LogP contribution in [0.4, 0.5) is 0 Å². The first kappa shape index (κ1) is 27.6. The summed E-state index contributed by atoms with van der Waals surface area (Å²) in [6.45, 7) is 2.63. The molecule has 0 spiro atoms. The predicted molar refractivity (Wildman–Crippen MR) is 109 cm³/mol. The molecular weight excluding hydrogens is 420 g/mol. The maximum absolute atomic E-state index is 12.6. The molecule has 0 saturated carbocycles. The number of nitrogens with two attached hydrogens (primary N) is 1. The van der Waals surface area contributed by atoms with E-state index in [1.165, 1.54) is 0 Å². The largest absolute Gasteiger partial charge is 0.481 e. The Morgan fingerprint density at radius 2 is 1.53 bits per heavy atom. The van der Waals surface area contributed by atoms with Crippen LogP contribution in [0.15, 0.2) is 0 Å². The van der Waals surface area contributed by atoms with E-state index in [0.29, 0.717) is 6.42 Å². The summed E-state index contributed by atoms with van der Waals surface area (Å²) in [7, 11) is 0. The van der Waals surface area contributed by atoms with Crippen molar-refractivity contribution in [1.29, 1.82) is 0 Å². The number of hydrogen-bond acceptors (Lipinski definition) is 8. The molecule has 12 nitrogen and oxygen atoms in total. The van der Waals surface area contributed by atoms with Gasteiger partial charge in [-0.05, 0) is 12.3 Å². The van der Waals surface area contributed by atoms with Crippen molar-refractivity contribution in [3.05, 3.63) is 0 Å². The van der Waals surface area contributed by atoms with Crippen molar-refractivity contribution in [2.75, 3.05) is 12.4 Å². The molecule has 0 aliphatic rings. The number of aliphatic hydroxyl groups excluding tert-OH is 1. The molecule has 5 unspecified atom stereocenters. The van der Waals surface area contributed by atoms with Crippen LogP contribution in [0.25, 0.3) is 0 Å². The Morgan fingerprint density at radius 3 is 1.97 bits per heavy atom. The van der Waals surface area contributed by atoms with Crippen LogP contribution in [0.1, 0.15) is 33.1 Å². The second-order valence-electron chi connectivity index (χ2n) is 6.74. The fourth-order valence-electron chi connectivity index (χ4n) is 2.29. The minimum absolute atomic E-state index is 0.127. The van der Waals surface area contributed by atoms with Crippen molar-refractivity contribution in [1.82, 2.24) is 16.0 Å². The van der Waals surface area contributed by atoms with Crippen LogP contribution in [0.5, 0.6) is 0 Å². The van der Waals surface area contributed by atoms with Gasteiger partial charge in [0.05, 0.1) is 12.6 Å². The van der Waals surface area contributed by atoms with Gasteiger partial charge in [0.2, 0.25) is 17.7 Å². The molecule has 0 aromatic rings. The third kappa shape index (κ3) is 9.41. The Morgan fingerprint density at radius 1 is 0.967 bits per heavy atom. The molecule has 0 aromatic heterocycles. The number of hydrogen-bond donors (Lipinski definition) is 8. The predicted octanol–water partition coefficient (Wildman–Crippen LogP) is -2.31. The Kier molecular flexibility index (Phi) is 12.7. The summed E-state index contributed by atoms with van der Waals surface area (Å²) in [6, 6.07) is -5.03. The number of rotatable bonds is 14. The highest BCUT2D eigenvalue weighted by Crippen LogP contribution is 2.09. The molecule has 13 heteroatoms. The molecule has 0 saturated heterocycles. The SMILES string of the molecule is CCC(C)C(NC(=O)C(N)CCC(=O)O)C(=O)NC(CO)C(=O)NC(CS)C(=O)O. The lowest BCUT2D eigenvalue weighted by Crippen LogP contribution is -2.59. The third-order valence-electron chi connectivity index (χ3n) is 4.41. The molecule has 0 aliphatic carbocycles. The topological polar surface area (TPSA) is 208 Å². The van der Waals surface area contributed by atoms with Crippen LogP contribution in [-0.4, -0.2) is 81.5 Å². The molecule has 0 aromatic carbocycles. The number of aliphatic carboxylic acids is 2. The van der Waals surface area contributed by atoms with Crippen molar-refractivity contribution in [3.8, 4) is 0 Å². The average molecular weight is 451 g/mol. The highest BCUT2D eigenvalue weighted by Gasteiger charge is 2.32. The number of amides is 3. The highest BCUT2D eigenvalue weighted by atomic mass is 32.1. The van der Waals surface area contributed by atoms with Crippen LogP contribution < -0.4 is 21.7 Å². The van der Waals surface area contributed by atoms with E-state index in [2.05, 4.69) is 28.6 Å². The molecule has 0 bridgehead atoms. The minimum Gasteiger partial charge on any atom is -0.481 e. The van der Waals surface area contributed by atoms with E-state index >= 15 is 0 Å². The molecule has 0 fully saturated rings. The van der Waals surface area contributed by atoms with Gasteiger partial charge in [-0.3, -0.25) is 19.2 Å². The summed E-state index contributed by atoms with van der Waals surface area (Å²) in [4.78, 5) is 58.7. The van der Waals surface area contributed by atoms with E-state index in [4.69, 9.17) is 15.9 Å². The Hall–Kier alpha value is -2.38. The lowest BCUT2D eigenvalue weighted by molar-refractivity contribution is -0.142. The number of nitrogens with one attached hydrogen (secondary N) is 3. The van der Waals surface area contributed by atoms with E-state index in [1.54, 1.807) is 13.8 Å². The van der Waals surface area contributed by atoms with Crippen molar-refractivity contribution in [3.63, 3.8) is 0 Å². The summed E-state index contributed by atoms with van der Waals surface area (Å²) in [5.41, 5.74) is 5.66. The quantitative estimate of drug-likeness (QED) is 0.133. The Balaban J connectivity index is 5.19. The second kappa shape index (κ2) is 13.8. The standard InChI is InChI=1S/C17H30N4O8S/c1-3-8(2)13(21-14(25)9(18)4-5-12(23)24)16(27)19-10(6-22)15(26)20-11(7-30)17(28)29/h8-11,13,22,30H,3-7,18H2,1-2H3,(H,19,27)(H,20,26)(H,21,25)(H,23,24)(H,28,29). The fourth-order valence-corrected chi connectivity index (χ4v) is 2.53. The summed E-state index contributed by atoms with van der Waals surface area (Å²) in [5, 5.41) is 33.9. The van der Waals surface area contributed by atoms with Gasteiger partial charge in [0.15, 0.2) is 0 Å². The van der Waals surface area contributed by atoms with E-state index in [9.17, 15) is 29.1 Å². The first-order valence-corrected chi connectivity index (χ1v) is 9.94. The van der Waals surface area contributed by atoms with Gasteiger partial charge in [0.25, 0.3) is 0 Å². The monoisotopic (exact) mass is 450 g/mol. The van der Waals surface area contributed by atoms with Crippen molar-refractivity contribution >= 4 is 42.3 Å². The number of carboxylic acid groups (broad SMARTS) is 2. The van der Waals surface area contributed by atoms with E-state index in [1.807, 2.05) is 0 Å². The van der Waals surface area contributed by atoms with Gasteiger partial charge in [0.1, 0.15) is 18.1 Å². The molecule has 5 atom stereocenters. The average Bonchev–Trinajstić information content (AvgIpc) is 2.70. The molecular formula is C17H30N4O8S. The molecule has 0 aliphatic heterocycles. The van der Waals surface area contributed by atoms with Crippen molar-refractivity contribution in [2.45, 2.75) is 57.3 Å². The van der Waals surface area contributed by atoms with Gasteiger partial charge >= 0.3 is 11.9 Å². The first-order valence-electron chi connectivity index (χ1n) is 9.31.